The normalized spacial score (nSPS) is 16.1. The van der Waals surface area contributed by atoms with Gasteiger partial charge in [0.2, 0.25) is 6.35 Å². The number of terminal acetylenes is 1. The summed E-state index contributed by atoms with van der Waals surface area (Å²) in [6, 6.07) is 15.9. The van der Waals surface area contributed by atoms with E-state index in [9.17, 15) is 0 Å². The average Bonchev–Trinajstić information content (AvgIpc) is 2.56. The van der Waals surface area contributed by atoms with Gasteiger partial charge in [-0.25, -0.2) is 4.99 Å². The van der Waals surface area contributed by atoms with Crippen molar-refractivity contribution in [3.63, 3.8) is 0 Å². The number of nitrogens with two attached hydrogens (primary N) is 1. The minimum atomic E-state index is -0.413. The molecule has 0 amide bonds. The third kappa shape index (κ3) is 2.95. The molecule has 22 heavy (non-hydrogen) atoms. The first-order chi connectivity index (χ1) is 10.8. The first kappa shape index (κ1) is 14.2. The number of rotatable bonds is 4. The fourth-order valence-corrected chi connectivity index (χ4v) is 2.44. The molecule has 0 aliphatic carbocycles. The van der Waals surface area contributed by atoms with E-state index in [1.54, 1.807) is 0 Å². The summed E-state index contributed by atoms with van der Waals surface area (Å²) in [5.41, 5.74) is 9.78. The van der Waals surface area contributed by atoms with Crippen molar-refractivity contribution in [2.45, 2.75) is 12.9 Å². The van der Waals surface area contributed by atoms with Gasteiger partial charge < -0.3 is 15.4 Å². The molecule has 1 aliphatic rings. The molecule has 3 rings (SSSR count). The van der Waals surface area contributed by atoms with Crippen LogP contribution in [0.2, 0.25) is 0 Å². The number of nitrogens with zero attached hydrogens (tertiary/aromatic N) is 2. The van der Waals surface area contributed by atoms with E-state index in [-0.39, 0.29) is 6.61 Å². The molecule has 0 fully saturated rings. The molecule has 0 saturated heterocycles. The highest BCUT2D eigenvalue weighted by Crippen LogP contribution is 2.28. The van der Waals surface area contributed by atoms with Crippen LogP contribution in [-0.4, -0.2) is 19.2 Å². The highest BCUT2D eigenvalue weighted by Gasteiger charge is 2.23. The summed E-state index contributed by atoms with van der Waals surface area (Å²) < 4.78 is 5.66. The molecule has 0 aromatic heterocycles. The Hall–Kier alpha value is -2.77. The van der Waals surface area contributed by atoms with Gasteiger partial charge >= 0.3 is 0 Å². The fraction of sp³-hybridized carbons (Fsp3) is 0.167. The Morgan fingerprint density at radius 2 is 1.95 bits per heavy atom. The summed E-state index contributed by atoms with van der Waals surface area (Å²) >= 11 is 0. The lowest BCUT2D eigenvalue weighted by atomic mass is 10.1. The highest BCUT2D eigenvalue weighted by molar-refractivity contribution is 5.90. The van der Waals surface area contributed by atoms with Crippen molar-refractivity contribution < 1.29 is 4.74 Å². The molecule has 2 aromatic carbocycles. The predicted octanol–water partition coefficient (Wildman–Crippen LogP) is 2.64. The monoisotopic (exact) mass is 291 g/mol. The molecule has 0 bridgehead atoms. The minimum absolute atomic E-state index is 0.225. The van der Waals surface area contributed by atoms with Crippen LogP contribution in [0.15, 0.2) is 53.5 Å². The third-order valence-corrected chi connectivity index (χ3v) is 3.50. The van der Waals surface area contributed by atoms with Gasteiger partial charge in [-0.15, -0.1) is 6.42 Å². The van der Waals surface area contributed by atoms with Gasteiger partial charge in [0.1, 0.15) is 6.61 Å². The number of fused-ring (bicyclic) bond motifs is 1. The van der Waals surface area contributed by atoms with Crippen molar-refractivity contribution in [3.8, 4) is 12.3 Å². The zero-order chi connectivity index (χ0) is 15.4. The average molecular weight is 291 g/mol. The molecule has 0 radical (unpaired) electrons. The van der Waals surface area contributed by atoms with Crippen molar-refractivity contribution in [2.24, 2.45) is 4.99 Å². The Balaban J connectivity index is 1.90. The number of benzene rings is 2. The van der Waals surface area contributed by atoms with Crippen LogP contribution in [0.1, 0.15) is 11.1 Å². The van der Waals surface area contributed by atoms with E-state index >= 15 is 0 Å². The first-order valence-electron chi connectivity index (χ1n) is 7.06. The molecule has 110 valence electrons. The molecule has 1 aliphatic heterocycles. The Kier molecular flexibility index (Phi) is 4.08. The number of hydrogen-bond acceptors (Lipinski definition) is 4. The lowest BCUT2D eigenvalue weighted by Crippen LogP contribution is -2.38. The maximum Gasteiger partial charge on any atom is 0.229 e. The lowest BCUT2D eigenvalue weighted by Gasteiger charge is -2.34. The van der Waals surface area contributed by atoms with E-state index in [2.05, 4.69) is 21.9 Å². The lowest BCUT2D eigenvalue weighted by molar-refractivity contribution is 0.0799. The Morgan fingerprint density at radius 3 is 2.73 bits per heavy atom. The van der Waals surface area contributed by atoms with E-state index in [1.165, 1.54) is 0 Å². The quantitative estimate of drug-likeness (QED) is 0.696. The Bertz CT molecular complexity index is 716. The van der Waals surface area contributed by atoms with E-state index < -0.39 is 6.35 Å². The van der Waals surface area contributed by atoms with Crippen LogP contribution >= 0.6 is 0 Å². The van der Waals surface area contributed by atoms with Crippen molar-refractivity contribution in [1.82, 2.24) is 0 Å². The summed E-state index contributed by atoms with van der Waals surface area (Å²) in [4.78, 5) is 6.56. The van der Waals surface area contributed by atoms with Crippen LogP contribution in [0.25, 0.3) is 0 Å². The predicted molar refractivity (Wildman–Crippen MR) is 89.6 cm³/mol. The van der Waals surface area contributed by atoms with E-state index in [1.807, 2.05) is 48.7 Å². The summed E-state index contributed by atoms with van der Waals surface area (Å²) in [6.45, 7) is 0.895. The number of ether oxygens (including phenoxy) is 1. The number of nitrogen functional groups attached to an aromatic ring is 1. The minimum Gasteiger partial charge on any atom is -0.399 e. The van der Waals surface area contributed by atoms with Crippen LogP contribution < -0.4 is 10.6 Å². The first-order valence-corrected chi connectivity index (χ1v) is 7.06. The Labute approximate surface area is 130 Å². The molecule has 0 saturated carbocycles. The molecular formula is C18H17N3O. The molecule has 4 heteroatoms. The number of hydrogen-bond donors (Lipinski definition) is 1. The maximum absolute atomic E-state index is 5.75. The second-order valence-corrected chi connectivity index (χ2v) is 5.05. The second-order valence-electron chi connectivity index (χ2n) is 5.05. The van der Waals surface area contributed by atoms with E-state index in [0.29, 0.717) is 6.54 Å². The van der Waals surface area contributed by atoms with Crippen LogP contribution in [-0.2, 0) is 11.3 Å². The van der Waals surface area contributed by atoms with Gasteiger partial charge in [0.05, 0.1) is 0 Å². The van der Waals surface area contributed by atoms with Crippen molar-refractivity contribution >= 4 is 17.6 Å². The molecule has 1 unspecified atom stereocenters. The zero-order valence-corrected chi connectivity index (χ0v) is 12.1. The molecular weight excluding hydrogens is 274 g/mol. The van der Waals surface area contributed by atoms with Gasteiger partial charge in [-0.05, 0) is 23.8 Å². The summed E-state index contributed by atoms with van der Waals surface area (Å²) in [6.07, 6.45) is 6.71. The smallest absolute Gasteiger partial charge is 0.229 e. The molecule has 4 nitrogen and oxygen atoms in total. The van der Waals surface area contributed by atoms with E-state index in [0.717, 1.165) is 22.5 Å². The largest absolute Gasteiger partial charge is 0.399 e. The molecule has 0 spiro atoms. The van der Waals surface area contributed by atoms with Crippen molar-refractivity contribution in [1.29, 1.82) is 0 Å². The van der Waals surface area contributed by atoms with Crippen molar-refractivity contribution in [2.75, 3.05) is 17.2 Å². The summed E-state index contributed by atoms with van der Waals surface area (Å²) in [5, 5.41) is 0. The second kappa shape index (κ2) is 6.33. The van der Waals surface area contributed by atoms with Gasteiger partial charge in [-0.3, -0.25) is 0 Å². The highest BCUT2D eigenvalue weighted by atomic mass is 16.5. The maximum atomic E-state index is 5.75. The topological polar surface area (TPSA) is 50.8 Å². The standard InChI is InChI=1S/C18H17N3O/c1-2-11-22-18-20-12-15-5-3-4-6-17(15)21(18)13-14-7-9-16(19)10-8-14/h1,3-10,12,18H,11,13,19H2. The summed E-state index contributed by atoms with van der Waals surface area (Å²) in [5.74, 6) is 2.49. The number of para-hydroxylation sites is 1. The van der Waals surface area contributed by atoms with Gasteiger partial charge in [-0.1, -0.05) is 36.3 Å². The van der Waals surface area contributed by atoms with Crippen LogP contribution in [0.4, 0.5) is 11.4 Å². The van der Waals surface area contributed by atoms with Crippen LogP contribution in [0.3, 0.4) is 0 Å². The van der Waals surface area contributed by atoms with Crippen molar-refractivity contribution in [3.05, 3.63) is 59.7 Å². The van der Waals surface area contributed by atoms with Gasteiger partial charge in [-0.2, -0.15) is 0 Å². The van der Waals surface area contributed by atoms with Crippen LogP contribution in [0.5, 0.6) is 0 Å². The van der Waals surface area contributed by atoms with Gasteiger partial charge in [0.25, 0.3) is 0 Å². The fourth-order valence-electron chi connectivity index (χ4n) is 2.44. The van der Waals surface area contributed by atoms with E-state index in [4.69, 9.17) is 16.9 Å². The third-order valence-electron chi connectivity index (χ3n) is 3.50. The molecule has 2 aromatic rings. The molecule has 1 heterocycles. The number of aliphatic imine (C=N–C) groups is 1. The van der Waals surface area contributed by atoms with Crippen LogP contribution in [0, 0.1) is 12.3 Å². The Morgan fingerprint density at radius 1 is 1.18 bits per heavy atom. The summed E-state index contributed by atoms with van der Waals surface area (Å²) in [7, 11) is 0. The number of anilines is 2. The SMILES string of the molecule is C#CCOC1N=Cc2ccccc2N1Cc1ccc(N)cc1. The molecule has 1 atom stereocenters. The van der Waals surface area contributed by atoms with Gasteiger partial charge in [0.15, 0.2) is 0 Å². The molecule has 2 N–H and O–H groups in total. The zero-order valence-electron chi connectivity index (χ0n) is 12.1. The van der Waals surface area contributed by atoms with Gasteiger partial charge in [0, 0.05) is 29.7 Å².